The topological polar surface area (TPSA) is 27.0 Å². The molecule has 2 nitrogen and oxygen atoms in total. The lowest BCUT2D eigenvalue weighted by atomic mass is 9.91. The molecule has 0 spiro atoms. The molecule has 0 N–H and O–H groups in total. The van der Waals surface area contributed by atoms with Gasteiger partial charge >= 0.3 is 0 Å². The molecule has 17 heavy (non-hydrogen) atoms. The Bertz CT molecular complexity index is 409. The molecule has 2 rings (SSSR count). The minimum absolute atomic E-state index is 0.771. The van der Waals surface area contributed by atoms with Gasteiger partial charge in [0.15, 0.2) is 0 Å². The Balaban J connectivity index is 2.08. The van der Waals surface area contributed by atoms with E-state index in [-0.39, 0.29) is 0 Å². The molecule has 0 aromatic heterocycles. The maximum absolute atomic E-state index is 9.08. The number of piperidine rings is 1. The SMILES string of the molecule is C[C@@H]1C[C@@H](C)CN(Cc2ccccc2C#N)C1. The maximum Gasteiger partial charge on any atom is 0.0995 e. The lowest BCUT2D eigenvalue weighted by molar-refractivity contribution is 0.134. The van der Waals surface area contributed by atoms with Crippen LogP contribution in [-0.4, -0.2) is 18.0 Å². The predicted octanol–water partition coefficient (Wildman–Crippen LogP) is 3.04. The summed E-state index contributed by atoms with van der Waals surface area (Å²) in [4.78, 5) is 2.48. The molecule has 90 valence electrons. The molecule has 2 heteroatoms. The summed E-state index contributed by atoms with van der Waals surface area (Å²) in [5.74, 6) is 1.54. The van der Waals surface area contributed by atoms with Crippen molar-refractivity contribution in [3.63, 3.8) is 0 Å². The number of likely N-dealkylation sites (tertiary alicyclic amines) is 1. The van der Waals surface area contributed by atoms with E-state index in [2.05, 4.69) is 30.9 Å². The van der Waals surface area contributed by atoms with Crippen molar-refractivity contribution in [3.05, 3.63) is 35.4 Å². The van der Waals surface area contributed by atoms with Crippen LogP contribution in [-0.2, 0) is 6.54 Å². The molecule has 1 aliphatic rings. The van der Waals surface area contributed by atoms with Crippen molar-refractivity contribution in [2.75, 3.05) is 13.1 Å². The lowest BCUT2D eigenvalue weighted by Crippen LogP contribution is -2.38. The summed E-state index contributed by atoms with van der Waals surface area (Å²) < 4.78 is 0. The van der Waals surface area contributed by atoms with Crippen molar-refractivity contribution in [2.24, 2.45) is 11.8 Å². The first-order valence-corrected chi connectivity index (χ1v) is 6.39. The van der Waals surface area contributed by atoms with Crippen LogP contribution in [0.25, 0.3) is 0 Å². The summed E-state index contributed by atoms with van der Waals surface area (Å²) in [6, 6.07) is 10.2. The zero-order chi connectivity index (χ0) is 12.3. The average molecular weight is 228 g/mol. The summed E-state index contributed by atoms with van der Waals surface area (Å²) in [5, 5.41) is 9.08. The molecule has 0 unspecified atom stereocenters. The first kappa shape index (κ1) is 12.1. The molecule has 0 saturated carbocycles. The average Bonchev–Trinajstić information content (AvgIpc) is 2.28. The minimum Gasteiger partial charge on any atom is -0.299 e. The minimum atomic E-state index is 0.771. The van der Waals surface area contributed by atoms with Gasteiger partial charge in [-0.3, -0.25) is 4.90 Å². The summed E-state index contributed by atoms with van der Waals surface area (Å²) in [7, 11) is 0. The third-order valence-corrected chi connectivity index (χ3v) is 3.48. The van der Waals surface area contributed by atoms with Crippen LogP contribution in [0.2, 0.25) is 0 Å². The van der Waals surface area contributed by atoms with Crippen LogP contribution in [0.4, 0.5) is 0 Å². The number of benzene rings is 1. The van der Waals surface area contributed by atoms with Gasteiger partial charge in [-0.1, -0.05) is 32.0 Å². The van der Waals surface area contributed by atoms with Gasteiger partial charge in [-0.15, -0.1) is 0 Å². The zero-order valence-electron chi connectivity index (χ0n) is 10.7. The van der Waals surface area contributed by atoms with E-state index in [1.165, 1.54) is 6.42 Å². The van der Waals surface area contributed by atoms with Crippen molar-refractivity contribution in [1.29, 1.82) is 5.26 Å². The largest absolute Gasteiger partial charge is 0.299 e. The Kier molecular flexibility index (Phi) is 3.81. The Hall–Kier alpha value is -1.33. The Morgan fingerprint density at radius 1 is 1.24 bits per heavy atom. The van der Waals surface area contributed by atoms with Gasteiger partial charge in [-0.2, -0.15) is 5.26 Å². The fourth-order valence-corrected chi connectivity index (χ4v) is 2.93. The van der Waals surface area contributed by atoms with Gasteiger partial charge in [0.2, 0.25) is 0 Å². The normalized spacial score (nSPS) is 25.5. The molecular weight excluding hydrogens is 208 g/mol. The maximum atomic E-state index is 9.08. The van der Waals surface area contributed by atoms with Crippen LogP contribution in [0.3, 0.4) is 0 Å². The first-order valence-electron chi connectivity index (χ1n) is 6.39. The van der Waals surface area contributed by atoms with Crippen LogP contribution in [0.5, 0.6) is 0 Å². The molecule has 0 bridgehead atoms. The van der Waals surface area contributed by atoms with Gasteiger partial charge in [-0.05, 0) is 29.9 Å². The Morgan fingerprint density at radius 3 is 2.53 bits per heavy atom. The third kappa shape index (κ3) is 3.08. The van der Waals surface area contributed by atoms with Gasteiger partial charge in [0.05, 0.1) is 11.6 Å². The second kappa shape index (κ2) is 5.33. The number of nitriles is 1. The highest BCUT2D eigenvalue weighted by Crippen LogP contribution is 2.23. The molecule has 1 aromatic carbocycles. The van der Waals surface area contributed by atoms with E-state index in [4.69, 9.17) is 5.26 Å². The molecule has 1 aliphatic heterocycles. The number of hydrogen-bond donors (Lipinski definition) is 0. The van der Waals surface area contributed by atoms with Crippen molar-refractivity contribution in [3.8, 4) is 6.07 Å². The summed E-state index contributed by atoms with van der Waals surface area (Å²) in [6.07, 6.45) is 1.33. The highest BCUT2D eigenvalue weighted by molar-refractivity contribution is 5.37. The molecule has 0 radical (unpaired) electrons. The first-order chi connectivity index (χ1) is 8.19. The van der Waals surface area contributed by atoms with E-state index in [0.717, 1.165) is 42.6 Å². The zero-order valence-corrected chi connectivity index (χ0v) is 10.7. The van der Waals surface area contributed by atoms with E-state index in [9.17, 15) is 0 Å². The monoisotopic (exact) mass is 228 g/mol. The van der Waals surface area contributed by atoms with Crippen molar-refractivity contribution >= 4 is 0 Å². The van der Waals surface area contributed by atoms with E-state index in [1.807, 2.05) is 18.2 Å². The van der Waals surface area contributed by atoms with Crippen LogP contribution in [0.1, 0.15) is 31.4 Å². The van der Waals surface area contributed by atoms with Crippen LogP contribution >= 0.6 is 0 Å². The number of nitrogens with zero attached hydrogens (tertiary/aromatic N) is 2. The molecule has 0 amide bonds. The van der Waals surface area contributed by atoms with Gasteiger partial charge in [0, 0.05) is 19.6 Å². The predicted molar refractivity (Wildman–Crippen MR) is 69.4 cm³/mol. The number of hydrogen-bond acceptors (Lipinski definition) is 2. The Morgan fingerprint density at radius 2 is 1.88 bits per heavy atom. The highest BCUT2D eigenvalue weighted by Gasteiger charge is 2.22. The standard InChI is InChI=1S/C15H20N2/c1-12-7-13(2)10-17(9-12)11-15-6-4-3-5-14(15)8-16/h3-6,12-13H,7,9-11H2,1-2H3/t12-,13-/m1/s1. The molecule has 1 fully saturated rings. The van der Waals surface area contributed by atoms with E-state index < -0.39 is 0 Å². The molecule has 1 heterocycles. The highest BCUT2D eigenvalue weighted by atomic mass is 15.1. The molecule has 0 aliphatic carbocycles. The summed E-state index contributed by atoms with van der Waals surface area (Å²) in [6.45, 7) is 7.87. The van der Waals surface area contributed by atoms with E-state index >= 15 is 0 Å². The fourth-order valence-electron chi connectivity index (χ4n) is 2.93. The molecular formula is C15H20N2. The van der Waals surface area contributed by atoms with Gasteiger partial charge in [0.25, 0.3) is 0 Å². The lowest BCUT2D eigenvalue weighted by Gasteiger charge is -2.35. The Labute approximate surface area is 104 Å². The molecule has 1 saturated heterocycles. The molecule has 2 atom stereocenters. The van der Waals surface area contributed by atoms with E-state index in [1.54, 1.807) is 0 Å². The van der Waals surface area contributed by atoms with Gasteiger partial charge in [-0.25, -0.2) is 0 Å². The smallest absolute Gasteiger partial charge is 0.0995 e. The summed E-state index contributed by atoms with van der Waals surface area (Å²) >= 11 is 0. The fraction of sp³-hybridized carbons (Fsp3) is 0.533. The van der Waals surface area contributed by atoms with Crippen LogP contribution in [0.15, 0.2) is 24.3 Å². The third-order valence-electron chi connectivity index (χ3n) is 3.48. The van der Waals surface area contributed by atoms with Crippen molar-refractivity contribution < 1.29 is 0 Å². The van der Waals surface area contributed by atoms with Crippen LogP contribution < -0.4 is 0 Å². The van der Waals surface area contributed by atoms with Gasteiger partial charge < -0.3 is 0 Å². The van der Waals surface area contributed by atoms with Gasteiger partial charge in [0.1, 0.15) is 0 Å². The second-order valence-corrected chi connectivity index (χ2v) is 5.41. The number of rotatable bonds is 2. The molecule has 1 aromatic rings. The quantitative estimate of drug-likeness (QED) is 0.778. The summed E-state index contributed by atoms with van der Waals surface area (Å²) in [5.41, 5.74) is 1.98. The van der Waals surface area contributed by atoms with Crippen molar-refractivity contribution in [2.45, 2.75) is 26.8 Å². The van der Waals surface area contributed by atoms with Crippen LogP contribution in [0, 0.1) is 23.2 Å². The van der Waals surface area contributed by atoms with Crippen molar-refractivity contribution in [1.82, 2.24) is 4.90 Å². The second-order valence-electron chi connectivity index (χ2n) is 5.41. The van der Waals surface area contributed by atoms with E-state index in [0.29, 0.717) is 0 Å².